The van der Waals surface area contributed by atoms with Crippen molar-refractivity contribution in [1.29, 1.82) is 0 Å². The molecule has 17 heavy (non-hydrogen) atoms. The molecule has 0 radical (unpaired) electrons. The van der Waals surface area contributed by atoms with Crippen LogP contribution in [0.2, 0.25) is 0 Å². The van der Waals surface area contributed by atoms with Crippen molar-refractivity contribution in [2.75, 3.05) is 19.3 Å². The van der Waals surface area contributed by atoms with E-state index in [1.165, 1.54) is 19.3 Å². The molecule has 3 aliphatic rings. The summed E-state index contributed by atoms with van der Waals surface area (Å²) >= 11 is 0. The zero-order chi connectivity index (χ0) is 12.0. The van der Waals surface area contributed by atoms with Gasteiger partial charge in [0, 0.05) is 6.04 Å². The number of hydrogen-bond donors (Lipinski definition) is 2. The molecule has 3 rings (SSSR count). The third-order valence-corrected chi connectivity index (χ3v) is 6.35. The second-order valence-electron chi connectivity index (χ2n) is 5.91. The van der Waals surface area contributed by atoms with E-state index in [0.717, 1.165) is 18.4 Å². The fourth-order valence-corrected chi connectivity index (χ4v) is 5.56. The van der Waals surface area contributed by atoms with E-state index in [1.807, 2.05) is 7.05 Å². The van der Waals surface area contributed by atoms with E-state index >= 15 is 0 Å². The summed E-state index contributed by atoms with van der Waals surface area (Å²) in [6.07, 6.45) is 4.74. The van der Waals surface area contributed by atoms with Gasteiger partial charge in [0.15, 0.2) is 0 Å². The van der Waals surface area contributed by atoms with Gasteiger partial charge in [-0.2, -0.15) is 0 Å². The Morgan fingerprint density at radius 2 is 1.82 bits per heavy atom. The molecule has 4 nitrogen and oxygen atoms in total. The van der Waals surface area contributed by atoms with Gasteiger partial charge in [0.05, 0.1) is 5.75 Å². The summed E-state index contributed by atoms with van der Waals surface area (Å²) in [5.74, 6) is 3.30. The summed E-state index contributed by atoms with van der Waals surface area (Å²) in [6, 6.07) is 0.292. The van der Waals surface area contributed by atoms with E-state index in [4.69, 9.17) is 0 Å². The molecule has 98 valence electrons. The van der Waals surface area contributed by atoms with Gasteiger partial charge < -0.3 is 5.32 Å². The zero-order valence-corrected chi connectivity index (χ0v) is 11.2. The topological polar surface area (TPSA) is 58.2 Å². The van der Waals surface area contributed by atoms with E-state index < -0.39 is 10.0 Å². The number of fused-ring (bicyclic) bond motifs is 5. The molecule has 0 aromatic rings. The Balaban J connectivity index is 1.52. The van der Waals surface area contributed by atoms with Crippen LogP contribution in [0.1, 0.15) is 25.7 Å². The Morgan fingerprint density at radius 3 is 2.41 bits per heavy atom. The van der Waals surface area contributed by atoms with Crippen LogP contribution in [0.4, 0.5) is 0 Å². The summed E-state index contributed by atoms with van der Waals surface area (Å²) in [4.78, 5) is 0. The number of hydrogen-bond acceptors (Lipinski definition) is 3. The Labute approximate surface area is 104 Å². The molecular formula is C12H22N2O2S. The second-order valence-corrected chi connectivity index (χ2v) is 7.78. The number of nitrogens with one attached hydrogen (secondary N) is 2. The van der Waals surface area contributed by atoms with Gasteiger partial charge >= 0.3 is 0 Å². The maximum absolute atomic E-state index is 11.9. The Morgan fingerprint density at radius 1 is 1.18 bits per heavy atom. The van der Waals surface area contributed by atoms with Gasteiger partial charge in [0.2, 0.25) is 10.0 Å². The summed E-state index contributed by atoms with van der Waals surface area (Å²) in [5, 5.41) is 2.98. The van der Waals surface area contributed by atoms with E-state index in [1.54, 1.807) is 0 Å². The third kappa shape index (κ3) is 2.13. The summed E-state index contributed by atoms with van der Waals surface area (Å²) in [7, 11) is -1.19. The molecule has 0 spiro atoms. The van der Waals surface area contributed by atoms with Crippen LogP contribution in [0, 0.1) is 23.7 Å². The Kier molecular flexibility index (Phi) is 2.96. The molecular weight excluding hydrogens is 236 g/mol. The maximum atomic E-state index is 11.9. The minimum Gasteiger partial charge on any atom is -0.320 e. The lowest BCUT2D eigenvalue weighted by atomic mass is 10.0. The summed E-state index contributed by atoms with van der Waals surface area (Å²) < 4.78 is 26.7. The lowest BCUT2D eigenvalue weighted by Gasteiger charge is -2.11. The van der Waals surface area contributed by atoms with Gasteiger partial charge in [-0.1, -0.05) is 0 Å². The van der Waals surface area contributed by atoms with E-state index in [0.29, 0.717) is 24.3 Å². The molecule has 2 N–H and O–H groups in total. The Hall–Kier alpha value is -0.130. The normalized spacial score (nSPS) is 42.8. The van der Waals surface area contributed by atoms with Crippen LogP contribution in [0.25, 0.3) is 0 Å². The second kappa shape index (κ2) is 4.21. The molecule has 0 saturated heterocycles. The van der Waals surface area contributed by atoms with Gasteiger partial charge in [-0.15, -0.1) is 0 Å². The first-order chi connectivity index (χ1) is 8.12. The smallest absolute Gasteiger partial charge is 0.211 e. The fourth-order valence-electron chi connectivity index (χ4n) is 4.19. The lowest BCUT2D eigenvalue weighted by molar-refractivity contribution is 0.456. The van der Waals surface area contributed by atoms with Crippen LogP contribution < -0.4 is 10.0 Å². The van der Waals surface area contributed by atoms with E-state index in [2.05, 4.69) is 10.0 Å². The van der Waals surface area contributed by atoms with Crippen molar-refractivity contribution in [3.8, 4) is 0 Å². The molecule has 4 unspecified atom stereocenters. The molecule has 0 aliphatic heterocycles. The van der Waals surface area contributed by atoms with Crippen LogP contribution in [0.3, 0.4) is 0 Å². The highest BCUT2D eigenvalue weighted by Gasteiger charge is 2.65. The van der Waals surface area contributed by atoms with Crippen molar-refractivity contribution in [3.05, 3.63) is 0 Å². The van der Waals surface area contributed by atoms with E-state index in [9.17, 15) is 8.42 Å². The highest BCUT2D eigenvalue weighted by Crippen LogP contribution is 2.65. The van der Waals surface area contributed by atoms with Crippen LogP contribution in [-0.2, 0) is 10.0 Å². The van der Waals surface area contributed by atoms with Crippen LogP contribution in [-0.4, -0.2) is 33.8 Å². The quantitative estimate of drug-likeness (QED) is 0.685. The molecule has 0 aromatic heterocycles. The predicted octanol–water partition coefficient (Wildman–Crippen LogP) is 0.560. The molecule has 0 heterocycles. The van der Waals surface area contributed by atoms with Crippen molar-refractivity contribution in [3.63, 3.8) is 0 Å². The van der Waals surface area contributed by atoms with Crippen molar-refractivity contribution < 1.29 is 8.42 Å². The number of rotatable bonds is 6. The maximum Gasteiger partial charge on any atom is 0.211 e. The molecule has 2 bridgehead atoms. The molecule has 4 atom stereocenters. The van der Waals surface area contributed by atoms with Crippen LogP contribution >= 0.6 is 0 Å². The average molecular weight is 258 g/mol. The summed E-state index contributed by atoms with van der Waals surface area (Å²) in [5.41, 5.74) is 0. The predicted molar refractivity (Wildman–Crippen MR) is 67.1 cm³/mol. The largest absolute Gasteiger partial charge is 0.320 e. The third-order valence-electron chi connectivity index (χ3n) is 4.89. The first-order valence-corrected chi connectivity index (χ1v) is 8.42. The first kappa shape index (κ1) is 11.9. The molecule has 0 amide bonds. The summed E-state index contributed by atoms with van der Waals surface area (Å²) in [6.45, 7) is 0.768. The molecule has 0 aromatic carbocycles. The van der Waals surface area contributed by atoms with E-state index in [-0.39, 0.29) is 5.75 Å². The molecule has 5 heteroatoms. The Bertz CT molecular complexity index is 379. The monoisotopic (exact) mass is 258 g/mol. The average Bonchev–Trinajstić information content (AvgIpc) is 2.70. The lowest BCUT2D eigenvalue weighted by Crippen LogP contribution is -2.32. The SMILES string of the molecule is CNCCCS(=O)(=O)NC1C2C3CCC(C3)C12. The first-order valence-electron chi connectivity index (χ1n) is 6.77. The van der Waals surface area contributed by atoms with Gasteiger partial charge in [-0.05, 0) is 62.9 Å². The van der Waals surface area contributed by atoms with Crippen LogP contribution in [0.15, 0.2) is 0 Å². The van der Waals surface area contributed by atoms with Crippen LogP contribution in [0.5, 0.6) is 0 Å². The van der Waals surface area contributed by atoms with Gasteiger partial charge in [-0.3, -0.25) is 0 Å². The van der Waals surface area contributed by atoms with Gasteiger partial charge in [0.1, 0.15) is 0 Å². The highest BCUT2D eigenvalue weighted by atomic mass is 32.2. The van der Waals surface area contributed by atoms with Crippen molar-refractivity contribution in [2.45, 2.75) is 31.7 Å². The number of sulfonamides is 1. The molecule has 3 fully saturated rings. The van der Waals surface area contributed by atoms with Crippen molar-refractivity contribution in [2.24, 2.45) is 23.7 Å². The van der Waals surface area contributed by atoms with Crippen molar-refractivity contribution in [1.82, 2.24) is 10.0 Å². The molecule has 3 aliphatic carbocycles. The fraction of sp³-hybridized carbons (Fsp3) is 1.00. The minimum atomic E-state index is -3.04. The minimum absolute atomic E-state index is 0.263. The van der Waals surface area contributed by atoms with Gasteiger partial charge in [0.25, 0.3) is 0 Å². The zero-order valence-electron chi connectivity index (χ0n) is 10.4. The highest BCUT2D eigenvalue weighted by molar-refractivity contribution is 7.89. The molecule has 3 saturated carbocycles. The van der Waals surface area contributed by atoms with Gasteiger partial charge in [-0.25, -0.2) is 13.1 Å². The van der Waals surface area contributed by atoms with Crippen molar-refractivity contribution >= 4 is 10.0 Å². The standard InChI is InChI=1S/C12H22N2O2S/c1-13-5-2-6-17(15,16)14-12-10-8-3-4-9(7-8)11(10)12/h8-14H,2-7H2,1H3.